The third-order valence-electron chi connectivity index (χ3n) is 4.80. The first-order valence-electron chi connectivity index (χ1n) is 8.96. The van der Waals surface area contributed by atoms with Gasteiger partial charge in [-0.3, -0.25) is 10.0 Å². The van der Waals surface area contributed by atoms with Crippen molar-refractivity contribution in [2.45, 2.75) is 23.2 Å². The van der Waals surface area contributed by atoms with Crippen LogP contribution in [0.1, 0.15) is 12.0 Å². The molecule has 0 bridgehead atoms. The monoisotopic (exact) mass is 474 g/mol. The Morgan fingerprint density at radius 2 is 1.93 bits per heavy atom. The molecule has 0 aromatic heterocycles. The van der Waals surface area contributed by atoms with Gasteiger partial charge in [-0.25, -0.2) is 14.3 Å². The molecule has 8 nitrogen and oxygen atoms in total. The average molecular weight is 475 g/mol. The van der Waals surface area contributed by atoms with Crippen molar-refractivity contribution in [2.75, 3.05) is 13.2 Å². The van der Waals surface area contributed by atoms with Gasteiger partial charge in [0.15, 0.2) is 9.84 Å². The van der Waals surface area contributed by atoms with Crippen LogP contribution >= 0.6 is 23.2 Å². The highest BCUT2D eigenvalue weighted by atomic mass is 35.5. The minimum atomic E-state index is -3.87. The van der Waals surface area contributed by atoms with Crippen molar-refractivity contribution >= 4 is 38.9 Å². The van der Waals surface area contributed by atoms with E-state index in [1.54, 1.807) is 18.2 Å². The largest absolute Gasteiger partial charge is 0.489 e. The zero-order valence-corrected chi connectivity index (χ0v) is 18.0. The Bertz CT molecular complexity index is 1010. The van der Waals surface area contributed by atoms with Crippen LogP contribution in [0.5, 0.6) is 5.75 Å². The molecule has 30 heavy (non-hydrogen) atoms. The van der Waals surface area contributed by atoms with Crippen molar-refractivity contribution in [1.29, 1.82) is 0 Å². The van der Waals surface area contributed by atoms with Crippen LogP contribution in [0.2, 0.25) is 10.0 Å². The average Bonchev–Trinajstić information content (AvgIpc) is 2.73. The van der Waals surface area contributed by atoms with E-state index in [0.717, 1.165) is 5.56 Å². The highest BCUT2D eigenvalue weighted by Gasteiger charge is 2.42. The molecule has 2 atom stereocenters. The van der Waals surface area contributed by atoms with Crippen LogP contribution in [0.15, 0.2) is 47.4 Å². The fourth-order valence-electron chi connectivity index (χ4n) is 3.19. The fraction of sp³-hybridized carbons (Fsp3) is 0.316. The van der Waals surface area contributed by atoms with Crippen molar-refractivity contribution in [2.24, 2.45) is 11.8 Å². The maximum Gasteiger partial charge on any atom is 0.267 e. The number of ether oxygens (including phenoxy) is 2. The summed E-state index contributed by atoms with van der Waals surface area (Å²) >= 11 is 12.0. The Labute approximate surface area is 183 Å². The van der Waals surface area contributed by atoms with E-state index in [9.17, 15) is 18.4 Å². The van der Waals surface area contributed by atoms with Crippen molar-refractivity contribution < 1.29 is 27.9 Å². The molecule has 11 heteroatoms. The van der Waals surface area contributed by atoms with Crippen molar-refractivity contribution in [3.8, 4) is 5.75 Å². The fourth-order valence-corrected chi connectivity index (χ4v) is 5.55. The first kappa shape index (κ1) is 22.8. The van der Waals surface area contributed by atoms with E-state index in [1.807, 2.05) is 0 Å². The molecule has 3 rings (SSSR count). The molecular weight excluding hydrogens is 455 g/mol. The van der Waals surface area contributed by atoms with Crippen LogP contribution in [-0.2, 0) is 26.0 Å². The lowest BCUT2D eigenvalue weighted by Gasteiger charge is -2.31. The number of nitrogens with zero attached hydrogens (tertiary/aromatic N) is 1. The molecule has 1 aliphatic heterocycles. The molecule has 2 unspecified atom stereocenters. The molecule has 1 fully saturated rings. The number of benzene rings is 2. The second-order valence-electron chi connectivity index (χ2n) is 6.73. The van der Waals surface area contributed by atoms with Crippen LogP contribution in [0.25, 0.3) is 0 Å². The third kappa shape index (κ3) is 5.05. The van der Waals surface area contributed by atoms with Gasteiger partial charge in [-0.2, -0.15) is 5.17 Å². The summed E-state index contributed by atoms with van der Waals surface area (Å²) in [7, 11) is -3.87. The summed E-state index contributed by atoms with van der Waals surface area (Å²) in [6.45, 7) is 0.230. The van der Waals surface area contributed by atoms with Gasteiger partial charge in [0.1, 0.15) is 12.4 Å². The Morgan fingerprint density at radius 1 is 1.23 bits per heavy atom. The van der Waals surface area contributed by atoms with E-state index in [4.69, 9.17) is 38.5 Å². The topological polar surface area (TPSA) is 119 Å². The number of rotatable bonds is 6. The number of hydroxylamine groups is 1. The van der Waals surface area contributed by atoms with Gasteiger partial charge in [-0.1, -0.05) is 29.3 Å². The molecule has 1 amide bonds. The van der Waals surface area contributed by atoms with E-state index in [-0.39, 0.29) is 36.3 Å². The number of carbonyl (C=O) groups excluding carboxylic acids is 1. The van der Waals surface area contributed by atoms with Crippen molar-refractivity contribution in [3.63, 3.8) is 0 Å². The number of amides is 1. The predicted molar refractivity (Wildman–Crippen MR) is 110 cm³/mol. The summed E-state index contributed by atoms with van der Waals surface area (Å²) in [6.07, 6.45) is 0.111. The van der Waals surface area contributed by atoms with Gasteiger partial charge in [0.2, 0.25) is 0 Å². The second-order valence-corrected chi connectivity index (χ2v) is 9.74. The highest BCUT2D eigenvalue weighted by molar-refractivity contribution is 7.92. The minimum absolute atomic E-state index is 0.0330. The van der Waals surface area contributed by atoms with Gasteiger partial charge in [0.05, 0.1) is 22.7 Å². The SMILES string of the molecule is NN(O)C(=O)C1COCCC1S(=O)(=O)c1ccc(OCc2ccc(Cl)cc2Cl)cc1. The zero-order valence-electron chi connectivity index (χ0n) is 15.7. The summed E-state index contributed by atoms with van der Waals surface area (Å²) in [4.78, 5) is 12.1. The van der Waals surface area contributed by atoms with Crippen LogP contribution in [0, 0.1) is 5.92 Å². The first-order chi connectivity index (χ1) is 14.2. The van der Waals surface area contributed by atoms with Crippen LogP contribution in [-0.4, -0.2) is 43.2 Å². The Hall–Kier alpha value is -1.88. The Morgan fingerprint density at radius 3 is 2.57 bits per heavy atom. The lowest BCUT2D eigenvalue weighted by Crippen LogP contribution is -2.49. The normalized spacial score (nSPS) is 19.3. The van der Waals surface area contributed by atoms with Crippen molar-refractivity contribution in [1.82, 2.24) is 5.17 Å². The quantitative estimate of drug-likeness (QED) is 0.285. The zero-order chi connectivity index (χ0) is 21.9. The molecule has 1 heterocycles. The van der Waals surface area contributed by atoms with Gasteiger partial charge in [-0.15, -0.1) is 0 Å². The van der Waals surface area contributed by atoms with Crippen molar-refractivity contribution in [3.05, 3.63) is 58.1 Å². The van der Waals surface area contributed by atoms with E-state index in [1.165, 1.54) is 24.3 Å². The summed E-state index contributed by atoms with van der Waals surface area (Å²) < 4.78 is 37.0. The number of nitrogens with two attached hydrogens (primary N) is 1. The van der Waals surface area contributed by atoms with E-state index in [0.29, 0.717) is 15.8 Å². The number of hydrogen-bond acceptors (Lipinski definition) is 7. The predicted octanol–water partition coefficient (Wildman–Crippen LogP) is 2.84. The van der Waals surface area contributed by atoms with Crippen LogP contribution < -0.4 is 10.6 Å². The summed E-state index contributed by atoms with van der Waals surface area (Å²) in [5.74, 6) is 3.52. The number of hydrogen-bond donors (Lipinski definition) is 2. The standard InChI is InChI=1S/C19H20Cl2N2O6S/c20-13-2-1-12(17(21)9-13)10-29-14-3-5-15(6-4-14)30(26,27)18-7-8-28-11-16(18)19(24)23(22)25/h1-6,9,16,18,25H,7-8,10-11,22H2. The molecule has 0 radical (unpaired) electrons. The van der Waals surface area contributed by atoms with Gasteiger partial charge in [-0.05, 0) is 42.8 Å². The summed E-state index contributed by atoms with van der Waals surface area (Å²) in [5.41, 5.74) is 0.733. The first-order valence-corrected chi connectivity index (χ1v) is 11.3. The number of halogens is 2. The molecular formula is C19H20Cl2N2O6S. The molecule has 1 aliphatic rings. The van der Waals surface area contributed by atoms with E-state index >= 15 is 0 Å². The Balaban J connectivity index is 1.74. The van der Waals surface area contributed by atoms with Gasteiger partial charge >= 0.3 is 0 Å². The van der Waals surface area contributed by atoms with E-state index < -0.39 is 26.9 Å². The molecule has 2 aromatic rings. The molecule has 3 N–H and O–H groups in total. The molecule has 0 aliphatic carbocycles. The number of hydrazine groups is 1. The second kappa shape index (κ2) is 9.51. The maximum absolute atomic E-state index is 13.1. The molecule has 162 valence electrons. The third-order valence-corrected chi connectivity index (χ3v) is 7.67. The molecule has 1 saturated heterocycles. The smallest absolute Gasteiger partial charge is 0.267 e. The molecule has 0 spiro atoms. The number of carbonyl (C=O) groups is 1. The lowest BCUT2D eigenvalue weighted by molar-refractivity contribution is -0.175. The summed E-state index contributed by atoms with van der Waals surface area (Å²) in [6, 6.07) is 10.9. The van der Waals surface area contributed by atoms with E-state index in [2.05, 4.69) is 0 Å². The van der Waals surface area contributed by atoms with Crippen LogP contribution in [0.3, 0.4) is 0 Å². The lowest BCUT2D eigenvalue weighted by atomic mass is 10.0. The van der Waals surface area contributed by atoms with Gasteiger partial charge < -0.3 is 9.47 Å². The Kier molecular flexibility index (Phi) is 7.22. The maximum atomic E-state index is 13.1. The minimum Gasteiger partial charge on any atom is -0.489 e. The number of sulfone groups is 1. The summed E-state index contributed by atoms with van der Waals surface area (Å²) in [5, 5.41) is 9.06. The van der Waals surface area contributed by atoms with Crippen LogP contribution in [0.4, 0.5) is 0 Å². The van der Waals surface area contributed by atoms with Gasteiger partial charge in [0.25, 0.3) is 5.91 Å². The molecule has 0 saturated carbocycles. The highest BCUT2D eigenvalue weighted by Crippen LogP contribution is 2.30. The van der Waals surface area contributed by atoms with Gasteiger partial charge in [0, 0.05) is 22.2 Å². The molecule has 2 aromatic carbocycles.